The van der Waals surface area contributed by atoms with Crippen molar-refractivity contribution in [3.63, 3.8) is 0 Å². The maximum absolute atomic E-state index is 14.1. The van der Waals surface area contributed by atoms with E-state index in [1.165, 1.54) is 31.4 Å². The first-order valence-corrected chi connectivity index (χ1v) is 10.9. The van der Waals surface area contributed by atoms with Gasteiger partial charge in [-0.05, 0) is 43.5 Å². The van der Waals surface area contributed by atoms with Crippen molar-refractivity contribution < 1.29 is 33.0 Å². The number of benzene rings is 1. The highest BCUT2D eigenvalue weighted by atomic mass is 32.2. The number of rotatable bonds is 5. The van der Waals surface area contributed by atoms with Crippen LogP contribution < -0.4 is 4.74 Å². The van der Waals surface area contributed by atoms with Gasteiger partial charge in [-0.3, -0.25) is 9.69 Å². The van der Waals surface area contributed by atoms with Crippen LogP contribution in [-0.4, -0.2) is 54.1 Å². The molecule has 8 nitrogen and oxygen atoms in total. The van der Waals surface area contributed by atoms with Crippen LogP contribution in [0, 0.1) is 10.8 Å². The van der Waals surface area contributed by atoms with Crippen molar-refractivity contribution in [1.29, 1.82) is 0 Å². The third kappa shape index (κ3) is 3.06. The second-order valence-electron chi connectivity index (χ2n) is 8.35. The Hall–Kier alpha value is -2.29. The normalized spacial score (nSPS) is 25.5. The van der Waals surface area contributed by atoms with Gasteiger partial charge in [-0.15, -0.1) is 0 Å². The Morgan fingerprint density at radius 3 is 2.10 bits per heavy atom. The summed E-state index contributed by atoms with van der Waals surface area (Å²) in [5.74, 6) is -0.870. The van der Waals surface area contributed by atoms with E-state index in [0.29, 0.717) is 5.75 Å². The molecule has 0 aliphatic carbocycles. The number of carboxylic acids is 1. The molecule has 1 fully saturated rings. The van der Waals surface area contributed by atoms with Gasteiger partial charge in [0.15, 0.2) is 4.87 Å². The Balaban J connectivity index is 3.01. The van der Waals surface area contributed by atoms with E-state index in [1.807, 2.05) is 0 Å². The van der Waals surface area contributed by atoms with Gasteiger partial charge in [-0.25, -0.2) is 13.2 Å². The number of carboxylic acid groups (broad SMARTS) is 2. The summed E-state index contributed by atoms with van der Waals surface area (Å²) < 4.78 is 33.4. The quantitative estimate of drug-likeness (QED) is 0.738. The van der Waals surface area contributed by atoms with Gasteiger partial charge < -0.3 is 14.9 Å². The predicted molar refractivity (Wildman–Crippen MR) is 107 cm³/mol. The van der Waals surface area contributed by atoms with Gasteiger partial charge >= 0.3 is 12.1 Å². The number of ether oxygens (including phenoxy) is 1. The van der Waals surface area contributed by atoms with Gasteiger partial charge in [-0.2, -0.15) is 0 Å². The molecule has 0 saturated carbocycles. The number of carbonyl (C=O) groups is 2. The smallest absolute Gasteiger partial charge is 0.408 e. The Morgan fingerprint density at radius 1 is 1.17 bits per heavy atom. The first-order chi connectivity index (χ1) is 13.3. The molecule has 29 heavy (non-hydrogen) atoms. The van der Waals surface area contributed by atoms with E-state index in [1.54, 1.807) is 27.7 Å². The van der Waals surface area contributed by atoms with Crippen LogP contribution in [0.3, 0.4) is 0 Å². The van der Waals surface area contributed by atoms with Crippen LogP contribution in [0.5, 0.6) is 5.75 Å². The fourth-order valence-electron chi connectivity index (χ4n) is 5.03. The standard InChI is InChI=1S/C20H29NO7S/c1-6-19(16(22)23)12-7-13-21(17(24)25)20(19,18(2,3)4)29(26,27)15-10-8-14(28-5)9-11-15/h8-11H,6-7,12-13H2,1-5H3,(H,22,23)(H,24,25)/t19-,20?/m1/s1. The van der Waals surface area contributed by atoms with Gasteiger partial charge in [0, 0.05) is 12.0 Å². The second kappa shape index (κ2) is 7.51. The highest BCUT2D eigenvalue weighted by molar-refractivity contribution is 7.93. The molecular weight excluding hydrogens is 398 g/mol. The zero-order valence-corrected chi connectivity index (χ0v) is 18.2. The molecule has 1 heterocycles. The monoisotopic (exact) mass is 427 g/mol. The van der Waals surface area contributed by atoms with Crippen LogP contribution in [0.4, 0.5) is 4.79 Å². The van der Waals surface area contributed by atoms with Gasteiger partial charge in [0.1, 0.15) is 11.2 Å². The third-order valence-corrected chi connectivity index (χ3v) is 8.93. The van der Waals surface area contributed by atoms with Gasteiger partial charge in [0.25, 0.3) is 0 Å². The number of likely N-dealkylation sites (tertiary alicyclic amines) is 1. The van der Waals surface area contributed by atoms with Crippen molar-refractivity contribution in [2.75, 3.05) is 13.7 Å². The molecule has 2 atom stereocenters. The third-order valence-electron chi connectivity index (χ3n) is 6.03. The average molecular weight is 428 g/mol. The molecule has 2 N–H and O–H groups in total. The molecule has 1 saturated heterocycles. The van der Waals surface area contributed by atoms with E-state index in [-0.39, 0.29) is 30.7 Å². The second-order valence-corrected chi connectivity index (χ2v) is 10.4. The highest BCUT2D eigenvalue weighted by Gasteiger charge is 2.73. The molecule has 0 bridgehead atoms. The lowest BCUT2D eigenvalue weighted by Crippen LogP contribution is -2.75. The SMILES string of the molecule is CC[C@]1(C(=O)O)CCCN(C(=O)O)C1(C(C)(C)C)S(=O)(=O)c1ccc(OC)cc1. The lowest BCUT2D eigenvalue weighted by atomic mass is 9.61. The van der Waals surface area contributed by atoms with Crippen LogP contribution in [0.2, 0.25) is 0 Å². The number of aliphatic carboxylic acids is 1. The van der Waals surface area contributed by atoms with Crippen molar-refractivity contribution in [2.45, 2.75) is 56.7 Å². The van der Waals surface area contributed by atoms with E-state index < -0.39 is 37.6 Å². The van der Waals surface area contributed by atoms with Gasteiger partial charge in [-0.1, -0.05) is 27.7 Å². The van der Waals surface area contributed by atoms with Crippen LogP contribution in [0.15, 0.2) is 29.2 Å². The van der Waals surface area contributed by atoms with Crippen LogP contribution in [-0.2, 0) is 14.6 Å². The summed E-state index contributed by atoms with van der Waals surface area (Å²) in [7, 11) is -3.01. The van der Waals surface area contributed by atoms with E-state index in [0.717, 1.165) is 4.90 Å². The van der Waals surface area contributed by atoms with E-state index in [4.69, 9.17) is 4.74 Å². The fourth-order valence-corrected chi connectivity index (χ4v) is 7.98. The summed E-state index contributed by atoms with van der Waals surface area (Å²) in [6.45, 7) is 6.30. The maximum Gasteiger partial charge on any atom is 0.408 e. The van der Waals surface area contributed by atoms with Gasteiger partial charge in [0.2, 0.25) is 9.84 Å². The van der Waals surface area contributed by atoms with Crippen LogP contribution in [0.25, 0.3) is 0 Å². The zero-order valence-electron chi connectivity index (χ0n) is 17.4. The minimum Gasteiger partial charge on any atom is -0.497 e. The molecule has 0 spiro atoms. The van der Waals surface area contributed by atoms with Crippen molar-refractivity contribution in [3.8, 4) is 5.75 Å². The van der Waals surface area contributed by atoms with Crippen LogP contribution >= 0.6 is 0 Å². The fraction of sp³-hybridized carbons (Fsp3) is 0.600. The Bertz CT molecular complexity index is 888. The van der Waals surface area contributed by atoms with Gasteiger partial charge in [0.05, 0.1) is 12.0 Å². The molecular formula is C20H29NO7S. The molecule has 1 aromatic carbocycles. The summed E-state index contributed by atoms with van der Waals surface area (Å²) in [6.07, 6.45) is -1.15. The molecule has 9 heteroatoms. The zero-order chi connectivity index (χ0) is 22.3. The van der Waals surface area contributed by atoms with E-state index >= 15 is 0 Å². The Labute approximate surface area is 171 Å². The van der Waals surface area contributed by atoms with Crippen molar-refractivity contribution in [3.05, 3.63) is 24.3 Å². The van der Waals surface area contributed by atoms with E-state index in [9.17, 15) is 28.2 Å². The number of hydrogen-bond acceptors (Lipinski definition) is 5. The summed E-state index contributed by atoms with van der Waals surface area (Å²) >= 11 is 0. The minimum atomic E-state index is -4.46. The minimum absolute atomic E-state index is 0.0290. The Morgan fingerprint density at radius 2 is 1.72 bits per heavy atom. The molecule has 1 aliphatic rings. The number of methoxy groups -OCH3 is 1. The Kier molecular flexibility index (Phi) is 5.96. The molecule has 1 aliphatic heterocycles. The number of hydrogen-bond donors (Lipinski definition) is 2. The first kappa shape index (κ1) is 23.0. The molecule has 0 radical (unpaired) electrons. The molecule has 0 aromatic heterocycles. The molecule has 1 unspecified atom stereocenters. The molecule has 1 amide bonds. The topological polar surface area (TPSA) is 121 Å². The highest BCUT2D eigenvalue weighted by Crippen LogP contribution is 2.60. The van der Waals surface area contributed by atoms with E-state index in [2.05, 4.69) is 0 Å². The number of amides is 1. The average Bonchev–Trinajstić information content (AvgIpc) is 2.65. The number of nitrogens with zero attached hydrogens (tertiary/aromatic N) is 1. The van der Waals surface area contributed by atoms with Crippen molar-refractivity contribution in [1.82, 2.24) is 4.90 Å². The lowest BCUT2D eigenvalue weighted by Gasteiger charge is -2.60. The first-order valence-electron chi connectivity index (χ1n) is 9.46. The number of piperidine rings is 1. The molecule has 2 rings (SSSR count). The largest absolute Gasteiger partial charge is 0.497 e. The molecule has 162 valence electrons. The summed E-state index contributed by atoms with van der Waals surface area (Å²) in [4.78, 5) is 23.4. The van der Waals surface area contributed by atoms with Crippen molar-refractivity contribution >= 4 is 21.9 Å². The summed E-state index contributed by atoms with van der Waals surface area (Å²) in [5.41, 5.74) is -3.04. The molecule has 1 aromatic rings. The summed E-state index contributed by atoms with van der Waals surface area (Å²) in [6, 6.07) is 5.59. The lowest BCUT2D eigenvalue weighted by molar-refractivity contribution is -0.166. The number of sulfone groups is 1. The van der Waals surface area contributed by atoms with Crippen molar-refractivity contribution in [2.24, 2.45) is 10.8 Å². The predicted octanol–water partition coefficient (Wildman–Crippen LogP) is 3.47. The maximum atomic E-state index is 14.1. The van der Waals surface area contributed by atoms with Crippen LogP contribution in [0.1, 0.15) is 47.0 Å². The summed E-state index contributed by atoms with van der Waals surface area (Å²) in [5, 5.41) is 20.3.